The molecule has 0 atom stereocenters. The van der Waals surface area contributed by atoms with Gasteiger partial charge in [-0.3, -0.25) is 0 Å². The lowest BCUT2D eigenvalue weighted by Gasteiger charge is -2.29. The summed E-state index contributed by atoms with van der Waals surface area (Å²) in [5.74, 6) is -0.0363. The van der Waals surface area contributed by atoms with Crippen molar-refractivity contribution < 1.29 is 9.90 Å². The Kier molecular flexibility index (Phi) is 2.98. The monoisotopic (exact) mass is 322 g/mol. The smallest absolute Gasteiger partial charge is 0.335 e. The number of carbonyl (C=O) groups is 1. The molecule has 19 heavy (non-hydrogen) atoms. The first-order valence-corrected chi connectivity index (χ1v) is 6.58. The van der Waals surface area contributed by atoms with Crippen molar-refractivity contribution in [2.45, 2.75) is 13.1 Å². The van der Waals surface area contributed by atoms with Gasteiger partial charge in [-0.2, -0.15) is 0 Å². The molecule has 98 valence electrons. The first kappa shape index (κ1) is 12.2. The van der Waals surface area contributed by atoms with E-state index in [4.69, 9.17) is 5.11 Å². The average molecular weight is 323 g/mol. The minimum atomic E-state index is -0.928. The zero-order valence-corrected chi connectivity index (χ0v) is 11.5. The third-order valence-electron chi connectivity index (χ3n) is 3.13. The summed E-state index contributed by atoms with van der Waals surface area (Å²) < 4.78 is 2.77. The van der Waals surface area contributed by atoms with Crippen LogP contribution in [0.4, 0.5) is 5.69 Å². The zero-order valence-electron chi connectivity index (χ0n) is 9.95. The number of aromatic nitrogens is 3. The summed E-state index contributed by atoms with van der Waals surface area (Å²) in [7, 11) is 0. The summed E-state index contributed by atoms with van der Waals surface area (Å²) in [6.07, 6.45) is 1.72. The molecule has 0 spiro atoms. The molecule has 3 rings (SSSR count). The average Bonchev–Trinajstić information content (AvgIpc) is 2.85. The Labute approximate surface area is 117 Å². The van der Waals surface area contributed by atoms with Crippen molar-refractivity contribution in [3.63, 3.8) is 0 Å². The molecule has 0 saturated carbocycles. The van der Waals surface area contributed by atoms with Crippen molar-refractivity contribution in [2.75, 3.05) is 11.4 Å². The summed E-state index contributed by atoms with van der Waals surface area (Å²) in [4.78, 5) is 13.2. The summed E-state index contributed by atoms with van der Waals surface area (Å²) in [5.41, 5.74) is 1.15. The Morgan fingerprint density at radius 3 is 2.95 bits per heavy atom. The number of anilines is 1. The van der Waals surface area contributed by atoms with E-state index in [-0.39, 0.29) is 5.56 Å². The lowest BCUT2D eigenvalue weighted by molar-refractivity contribution is 0.0697. The molecular weight excluding hydrogens is 312 g/mol. The second-order valence-corrected chi connectivity index (χ2v) is 5.28. The van der Waals surface area contributed by atoms with E-state index >= 15 is 0 Å². The fourth-order valence-corrected chi connectivity index (χ4v) is 2.65. The first-order chi connectivity index (χ1) is 9.13. The van der Waals surface area contributed by atoms with Crippen molar-refractivity contribution in [3.8, 4) is 0 Å². The number of nitrogens with zero attached hydrogens (tertiary/aromatic N) is 4. The van der Waals surface area contributed by atoms with Gasteiger partial charge in [-0.05, 0) is 18.2 Å². The third kappa shape index (κ3) is 2.33. The molecule has 0 saturated heterocycles. The SMILES string of the molecule is O=C(O)c1cc(Br)cc(N2CCn3cnnc3C2)c1. The van der Waals surface area contributed by atoms with Gasteiger partial charge < -0.3 is 14.6 Å². The molecule has 1 N–H and O–H groups in total. The lowest BCUT2D eigenvalue weighted by atomic mass is 10.1. The largest absolute Gasteiger partial charge is 0.478 e. The van der Waals surface area contributed by atoms with Crippen LogP contribution in [0.5, 0.6) is 0 Å². The number of fused-ring (bicyclic) bond motifs is 1. The van der Waals surface area contributed by atoms with E-state index < -0.39 is 5.97 Å². The fourth-order valence-electron chi connectivity index (χ4n) is 2.17. The Morgan fingerprint density at radius 1 is 1.32 bits per heavy atom. The molecule has 1 aromatic heterocycles. The molecule has 0 unspecified atom stereocenters. The molecule has 0 bridgehead atoms. The number of hydrogen-bond donors (Lipinski definition) is 1. The molecule has 0 radical (unpaired) electrons. The Morgan fingerprint density at radius 2 is 2.16 bits per heavy atom. The van der Waals surface area contributed by atoms with Crippen LogP contribution in [-0.2, 0) is 13.1 Å². The molecule has 1 aliphatic heterocycles. The number of benzene rings is 1. The van der Waals surface area contributed by atoms with Crippen LogP contribution in [0.25, 0.3) is 0 Å². The van der Waals surface area contributed by atoms with Crippen LogP contribution in [0.2, 0.25) is 0 Å². The minimum absolute atomic E-state index is 0.274. The molecule has 0 fully saturated rings. The molecule has 2 heterocycles. The zero-order chi connectivity index (χ0) is 13.4. The first-order valence-electron chi connectivity index (χ1n) is 5.79. The number of carboxylic acid groups (broad SMARTS) is 1. The lowest BCUT2D eigenvalue weighted by Crippen LogP contribution is -2.33. The summed E-state index contributed by atoms with van der Waals surface area (Å²) in [5, 5.41) is 17.0. The maximum Gasteiger partial charge on any atom is 0.335 e. The number of aromatic carboxylic acids is 1. The van der Waals surface area contributed by atoms with Gasteiger partial charge in [0.2, 0.25) is 0 Å². The number of halogens is 1. The fraction of sp³-hybridized carbons (Fsp3) is 0.250. The molecule has 1 aliphatic rings. The van der Waals surface area contributed by atoms with E-state index in [1.807, 2.05) is 10.6 Å². The highest BCUT2D eigenvalue weighted by Crippen LogP contribution is 2.25. The van der Waals surface area contributed by atoms with Crippen molar-refractivity contribution in [2.24, 2.45) is 0 Å². The number of hydrogen-bond acceptors (Lipinski definition) is 4. The van der Waals surface area contributed by atoms with Gasteiger partial charge in [0.05, 0.1) is 12.1 Å². The van der Waals surface area contributed by atoms with E-state index in [1.54, 1.807) is 18.5 Å². The minimum Gasteiger partial charge on any atom is -0.478 e. The van der Waals surface area contributed by atoms with Crippen LogP contribution in [-0.4, -0.2) is 32.4 Å². The van der Waals surface area contributed by atoms with E-state index in [9.17, 15) is 4.79 Å². The quantitative estimate of drug-likeness (QED) is 0.912. The predicted octanol–water partition coefficient (Wildman–Crippen LogP) is 1.76. The summed E-state index contributed by atoms with van der Waals surface area (Å²) in [6.45, 7) is 2.24. The van der Waals surface area contributed by atoms with Gasteiger partial charge in [-0.25, -0.2) is 4.79 Å². The molecule has 2 aromatic rings. The summed E-state index contributed by atoms with van der Waals surface area (Å²) in [6, 6.07) is 5.19. The summed E-state index contributed by atoms with van der Waals surface area (Å²) >= 11 is 3.35. The maximum absolute atomic E-state index is 11.1. The van der Waals surface area contributed by atoms with Gasteiger partial charge in [0, 0.05) is 23.2 Å². The van der Waals surface area contributed by atoms with Gasteiger partial charge >= 0.3 is 5.97 Å². The van der Waals surface area contributed by atoms with Gasteiger partial charge in [0.1, 0.15) is 6.33 Å². The molecule has 1 aromatic carbocycles. The standard InChI is InChI=1S/C12H11BrN4O2/c13-9-3-8(12(18)19)4-10(5-9)16-1-2-17-7-14-15-11(17)6-16/h3-5,7H,1-2,6H2,(H,18,19). The maximum atomic E-state index is 11.1. The van der Waals surface area contributed by atoms with E-state index in [1.165, 1.54) is 0 Å². The Hall–Kier alpha value is -1.89. The van der Waals surface area contributed by atoms with Crippen LogP contribution in [0.15, 0.2) is 29.0 Å². The number of carboxylic acids is 1. The van der Waals surface area contributed by atoms with E-state index in [0.29, 0.717) is 6.54 Å². The topological polar surface area (TPSA) is 71.2 Å². The molecule has 7 heteroatoms. The van der Waals surface area contributed by atoms with Crippen molar-refractivity contribution >= 4 is 27.6 Å². The van der Waals surface area contributed by atoms with E-state index in [0.717, 1.165) is 29.1 Å². The van der Waals surface area contributed by atoms with Crippen LogP contribution in [0.3, 0.4) is 0 Å². The van der Waals surface area contributed by atoms with Gasteiger partial charge in [-0.1, -0.05) is 15.9 Å². The van der Waals surface area contributed by atoms with Gasteiger partial charge in [-0.15, -0.1) is 10.2 Å². The van der Waals surface area contributed by atoms with Crippen LogP contribution < -0.4 is 4.90 Å². The highest BCUT2D eigenvalue weighted by atomic mass is 79.9. The van der Waals surface area contributed by atoms with Crippen LogP contribution in [0.1, 0.15) is 16.2 Å². The van der Waals surface area contributed by atoms with Gasteiger partial charge in [0.15, 0.2) is 5.82 Å². The highest BCUT2D eigenvalue weighted by molar-refractivity contribution is 9.10. The Balaban J connectivity index is 1.93. The number of rotatable bonds is 2. The van der Waals surface area contributed by atoms with Crippen LogP contribution in [0, 0.1) is 0 Å². The molecule has 0 amide bonds. The predicted molar refractivity (Wildman–Crippen MR) is 72.2 cm³/mol. The van der Waals surface area contributed by atoms with E-state index in [2.05, 4.69) is 31.0 Å². The molecular formula is C12H11BrN4O2. The normalized spacial score (nSPS) is 14.3. The van der Waals surface area contributed by atoms with Crippen molar-refractivity contribution in [1.29, 1.82) is 0 Å². The second kappa shape index (κ2) is 4.65. The second-order valence-electron chi connectivity index (χ2n) is 4.37. The molecule has 0 aliphatic carbocycles. The van der Waals surface area contributed by atoms with Crippen LogP contribution >= 0.6 is 15.9 Å². The molecule has 6 nitrogen and oxygen atoms in total. The van der Waals surface area contributed by atoms with Gasteiger partial charge in [0.25, 0.3) is 0 Å². The highest BCUT2D eigenvalue weighted by Gasteiger charge is 2.19. The Bertz CT molecular complexity index is 640. The van der Waals surface area contributed by atoms with Crippen molar-refractivity contribution in [3.05, 3.63) is 40.4 Å². The third-order valence-corrected chi connectivity index (χ3v) is 3.59. The van der Waals surface area contributed by atoms with Crippen molar-refractivity contribution in [1.82, 2.24) is 14.8 Å².